The summed E-state index contributed by atoms with van der Waals surface area (Å²) in [5, 5.41) is 5.08. The predicted octanol–water partition coefficient (Wildman–Crippen LogP) is 5.99. The topological polar surface area (TPSA) is 74.5 Å². The summed E-state index contributed by atoms with van der Waals surface area (Å²) in [6.45, 7) is 6.43. The molecule has 7 heteroatoms. The number of hydrogen-bond donors (Lipinski definition) is 0. The maximum Gasteiger partial charge on any atom is 0.372 e. The highest BCUT2D eigenvalue weighted by Gasteiger charge is 2.39. The van der Waals surface area contributed by atoms with Gasteiger partial charge in [0.25, 0.3) is 0 Å². The van der Waals surface area contributed by atoms with Crippen LogP contribution in [0.2, 0.25) is 0 Å². The summed E-state index contributed by atoms with van der Waals surface area (Å²) in [6.07, 6.45) is 10.3. The second kappa shape index (κ2) is 8.83. The number of aliphatic imine (C=N–C) groups is 2. The Morgan fingerprint density at radius 3 is 2.81 bits per heavy atom. The molecule has 3 amide bonds. The van der Waals surface area contributed by atoms with Gasteiger partial charge in [-0.15, -0.1) is 5.01 Å². The van der Waals surface area contributed by atoms with Gasteiger partial charge in [-0.2, -0.15) is 10.1 Å². The molecule has 0 aromatic heterocycles. The van der Waals surface area contributed by atoms with Gasteiger partial charge in [0, 0.05) is 22.2 Å². The van der Waals surface area contributed by atoms with Crippen LogP contribution >= 0.6 is 15.9 Å². The average molecular weight is 481 g/mol. The summed E-state index contributed by atoms with van der Waals surface area (Å²) in [6, 6.07) is 4.78. The SMILES string of the molecule is CC(C)=CCCC1=CCC(C=NN2C(=O)N=C3C(=Nc4ccc(Br)cc43)C2=O)C(C)C1. The van der Waals surface area contributed by atoms with Crippen LogP contribution in [0.4, 0.5) is 10.5 Å². The molecule has 0 bridgehead atoms. The van der Waals surface area contributed by atoms with E-state index in [9.17, 15) is 9.59 Å². The number of carbonyl (C=O) groups excluding carboxylic acids is 2. The van der Waals surface area contributed by atoms with Crippen LogP contribution in [0.15, 0.2) is 61.1 Å². The average Bonchev–Trinajstić information content (AvgIpc) is 3.07. The minimum absolute atomic E-state index is 0.169. The Morgan fingerprint density at radius 1 is 1.26 bits per heavy atom. The van der Waals surface area contributed by atoms with Crippen LogP contribution in [0.25, 0.3) is 0 Å². The Hall–Kier alpha value is -2.67. The highest BCUT2D eigenvalue weighted by Crippen LogP contribution is 2.33. The van der Waals surface area contributed by atoms with Gasteiger partial charge in [0.2, 0.25) is 0 Å². The molecule has 0 spiro atoms. The van der Waals surface area contributed by atoms with E-state index in [2.05, 4.69) is 63.9 Å². The van der Waals surface area contributed by atoms with Gasteiger partial charge in [-0.25, -0.2) is 9.79 Å². The van der Waals surface area contributed by atoms with Gasteiger partial charge in [0.15, 0.2) is 5.71 Å². The van der Waals surface area contributed by atoms with E-state index in [1.165, 1.54) is 11.1 Å². The normalized spacial score (nSPS) is 22.7. The summed E-state index contributed by atoms with van der Waals surface area (Å²) >= 11 is 3.41. The third kappa shape index (κ3) is 4.51. The van der Waals surface area contributed by atoms with Crippen molar-refractivity contribution in [2.24, 2.45) is 26.9 Å². The van der Waals surface area contributed by atoms with Crippen LogP contribution in [0.1, 0.15) is 52.0 Å². The van der Waals surface area contributed by atoms with E-state index in [-0.39, 0.29) is 11.6 Å². The first-order valence-corrected chi connectivity index (χ1v) is 11.3. The summed E-state index contributed by atoms with van der Waals surface area (Å²) in [5.41, 5.74) is 4.63. The van der Waals surface area contributed by atoms with Gasteiger partial charge in [0.05, 0.1) is 5.69 Å². The molecule has 2 aliphatic heterocycles. The molecule has 6 nitrogen and oxygen atoms in total. The molecule has 0 saturated heterocycles. The van der Waals surface area contributed by atoms with Gasteiger partial charge in [-0.1, -0.05) is 46.2 Å². The van der Waals surface area contributed by atoms with Crippen molar-refractivity contribution < 1.29 is 9.59 Å². The van der Waals surface area contributed by atoms with Crippen molar-refractivity contribution >= 4 is 51.2 Å². The summed E-state index contributed by atoms with van der Waals surface area (Å²) in [5.74, 6) is 0.0479. The van der Waals surface area contributed by atoms with Gasteiger partial charge < -0.3 is 0 Å². The molecule has 1 aromatic carbocycles. The molecule has 1 aliphatic carbocycles. The van der Waals surface area contributed by atoms with Gasteiger partial charge >= 0.3 is 11.9 Å². The van der Waals surface area contributed by atoms with Crippen molar-refractivity contribution in [2.75, 3.05) is 0 Å². The number of urea groups is 1. The molecule has 3 aliphatic rings. The number of imide groups is 1. The third-order valence-electron chi connectivity index (χ3n) is 5.84. The van der Waals surface area contributed by atoms with Crippen molar-refractivity contribution in [3.8, 4) is 0 Å². The van der Waals surface area contributed by atoms with Crippen LogP contribution in [0.3, 0.4) is 0 Å². The lowest BCUT2D eigenvalue weighted by atomic mass is 9.80. The summed E-state index contributed by atoms with van der Waals surface area (Å²) in [4.78, 5) is 33.9. The Labute approximate surface area is 190 Å². The van der Waals surface area contributed by atoms with Crippen molar-refractivity contribution in [1.82, 2.24) is 5.01 Å². The van der Waals surface area contributed by atoms with Crippen molar-refractivity contribution in [3.63, 3.8) is 0 Å². The minimum atomic E-state index is -0.676. The highest BCUT2D eigenvalue weighted by molar-refractivity contribution is 9.10. The lowest BCUT2D eigenvalue weighted by Crippen LogP contribution is -2.43. The summed E-state index contributed by atoms with van der Waals surface area (Å²) < 4.78 is 0.838. The van der Waals surface area contributed by atoms with E-state index in [1.807, 2.05) is 12.1 Å². The van der Waals surface area contributed by atoms with Crippen LogP contribution in [0, 0.1) is 11.8 Å². The molecule has 1 aromatic rings. The Bertz CT molecular complexity index is 1090. The van der Waals surface area contributed by atoms with Crippen molar-refractivity contribution in [1.29, 1.82) is 0 Å². The third-order valence-corrected chi connectivity index (χ3v) is 6.33. The molecule has 0 saturated carbocycles. The Balaban J connectivity index is 1.47. The number of amides is 3. The highest BCUT2D eigenvalue weighted by atomic mass is 79.9. The number of halogens is 1. The number of allylic oxidation sites excluding steroid dienone is 4. The van der Waals surface area contributed by atoms with E-state index < -0.39 is 11.9 Å². The molecule has 2 unspecified atom stereocenters. The fourth-order valence-corrected chi connectivity index (χ4v) is 4.45. The molecule has 4 rings (SSSR count). The minimum Gasteiger partial charge on any atom is -0.265 e. The monoisotopic (exact) mass is 480 g/mol. The quantitative estimate of drug-likeness (QED) is 0.383. The lowest BCUT2D eigenvalue weighted by molar-refractivity contribution is -0.121. The number of hydrazone groups is 1. The lowest BCUT2D eigenvalue weighted by Gasteiger charge is -2.26. The van der Waals surface area contributed by atoms with Crippen LogP contribution < -0.4 is 0 Å². The number of benzene rings is 1. The van der Waals surface area contributed by atoms with E-state index in [0.29, 0.717) is 22.9 Å². The zero-order chi connectivity index (χ0) is 22.1. The van der Waals surface area contributed by atoms with E-state index in [1.54, 1.807) is 12.3 Å². The number of hydrogen-bond acceptors (Lipinski definition) is 4. The second-order valence-electron chi connectivity index (χ2n) is 8.51. The van der Waals surface area contributed by atoms with Crippen LogP contribution in [0.5, 0.6) is 0 Å². The van der Waals surface area contributed by atoms with Crippen molar-refractivity contribution in [2.45, 2.75) is 46.5 Å². The smallest absolute Gasteiger partial charge is 0.265 e. The van der Waals surface area contributed by atoms with E-state index >= 15 is 0 Å². The van der Waals surface area contributed by atoms with Crippen LogP contribution in [-0.2, 0) is 4.79 Å². The van der Waals surface area contributed by atoms with E-state index in [4.69, 9.17) is 0 Å². The number of carbonyl (C=O) groups is 2. The molecule has 0 N–H and O–H groups in total. The zero-order valence-electron chi connectivity index (χ0n) is 17.9. The molecule has 2 atom stereocenters. The first kappa shape index (κ1) is 21.6. The maximum absolute atomic E-state index is 12.9. The number of fused-ring (bicyclic) bond motifs is 3. The van der Waals surface area contributed by atoms with Gasteiger partial charge in [0.1, 0.15) is 5.71 Å². The second-order valence-corrected chi connectivity index (χ2v) is 9.43. The van der Waals surface area contributed by atoms with Crippen LogP contribution in [-0.4, -0.2) is 34.6 Å². The molecule has 0 radical (unpaired) electrons. The molecule has 31 heavy (non-hydrogen) atoms. The fourth-order valence-electron chi connectivity index (χ4n) is 4.08. The van der Waals surface area contributed by atoms with Gasteiger partial charge in [-0.05, 0) is 63.6 Å². The predicted molar refractivity (Wildman–Crippen MR) is 127 cm³/mol. The molecule has 0 fully saturated rings. The Kier molecular flexibility index (Phi) is 6.14. The van der Waals surface area contributed by atoms with Gasteiger partial charge in [-0.3, -0.25) is 4.79 Å². The fraction of sp³-hybridized carbons (Fsp3) is 0.375. The molecule has 2 heterocycles. The van der Waals surface area contributed by atoms with E-state index in [0.717, 1.165) is 35.2 Å². The van der Waals surface area contributed by atoms with Crippen molar-refractivity contribution in [3.05, 3.63) is 51.5 Å². The maximum atomic E-state index is 12.9. The standard InChI is InChI=1S/C24H25BrN4O2/c1-14(2)5-4-6-16-7-8-17(15(3)11-16)13-26-29-23(30)22-21(28-24(29)31)19-12-18(25)9-10-20(19)27-22/h5,7,9-10,12-13,15,17H,4,6,8,11H2,1-3H3. The first-order valence-electron chi connectivity index (χ1n) is 10.5. The summed E-state index contributed by atoms with van der Waals surface area (Å²) in [7, 11) is 0. The molecular formula is C24H25BrN4O2. The Morgan fingerprint density at radius 2 is 2.06 bits per heavy atom. The first-order chi connectivity index (χ1) is 14.8. The zero-order valence-corrected chi connectivity index (χ0v) is 19.5. The largest absolute Gasteiger partial charge is 0.372 e. The number of nitrogens with zero attached hydrogens (tertiary/aromatic N) is 4. The molecule has 160 valence electrons. The molecular weight excluding hydrogens is 456 g/mol. The number of rotatable bonds is 5.